The number of ether oxygens (including phenoxy) is 1. The van der Waals surface area contributed by atoms with E-state index in [1.165, 1.54) is 6.07 Å². The Balaban J connectivity index is 1.06. The van der Waals surface area contributed by atoms with Crippen molar-refractivity contribution in [3.8, 4) is 5.75 Å². The van der Waals surface area contributed by atoms with Crippen molar-refractivity contribution < 1.29 is 18.7 Å². The molecule has 3 fully saturated rings. The third-order valence-corrected chi connectivity index (χ3v) is 9.77. The van der Waals surface area contributed by atoms with Crippen molar-refractivity contribution in [2.24, 2.45) is 5.92 Å². The van der Waals surface area contributed by atoms with Gasteiger partial charge >= 0.3 is 0 Å². The molecule has 0 aromatic heterocycles. The van der Waals surface area contributed by atoms with Crippen molar-refractivity contribution in [1.29, 1.82) is 0 Å². The molecule has 2 saturated heterocycles. The minimum Gasteiger partial charge on any atom is -0.496 e. The summed E-state index contributed by atoms with van der Waals surface area (Å²) in [7, 11) is 3.50. The Morgan fingerprint density at radius 2 is 1.85 bits per heavy atom. The summed E-state index contributed by atoms with van der Waals surface area (Å²) in [5.41, 5.74) is 1.57. The van der Waals surface area contributed by atoms with Gasteiger partial charge in [0, 0.05) is 62.5 Å². The Labute approximate surface area is 240 Å². The molecule has 3 aliphatic rings. The molecule has 5 rings (SSSR count). The number of benzene rings is 2. The number of thioether (sulfide) groups is 1. The first-order valence-corrected chi connectivity index (χ1v) is 15.1. The second kappa shape index (κ2) is 13.1. The fourth-order valence-corrected chi connectivity index (χ4v) is 7.51. The van der Waals surface area contributed by atoms with Crippen LogP contribution in [0, 0.1) is 11.7 Å². The normalized spacial score (nSPS) is 24.6. The SMILES string of the molecule is COc1ccccc1/C=C1/SC2CCC(C(=O)NCCCN3CCN(c4ccccc4F)CC3)CC2N(C)C1=O. The van der Waals surface area contributed by atoms with E-state index >= 15 is 0 Å². The number of para-hydroxylation sites is 2. The van der Waals surface area contributed by atoms with Gasteiger partial charge in [0.05, 0.1) is 17.7 Å². The van der Waals surface area contributed by atoms with E-state index < -0.39 is 0 Å². The first-order chi connectivity index (χ1) is 19.4. The van der Waals surface area contributed by atoms with Crippen LogP contribution in [0.5, 0.6) is 5.75 Å². The van der Waals surface area contributed by atoms with Gasteiger partial charge in [0.2, 0.25) is 5.91 Å². The van der Waals surface area contributed by atoms with Gasteiger partial charge in [-0.1, -0.05) is 30.3 Å². The van der Waals surface area contributed by atoms with Crippen molar-refractivity contribution >= 4 is 35.3 Å². The first-order valence-electron chi connectivity index (χ1n) is 14.2. The maximum Gasteiger partial charge on any atom is 0.260 e. The lowest BCUT2D eigenvalue weighted by atomic mass is 9.83. The van der Waals surface area contributed by atoms with Crippen LogP contribution in [-0.4, -0.2) is 86.3 Å². The lowest BCUT2D eigenvalue weighted by molar-refractivity contribution is -0.131. The van der Waals surface area contributed by atoms with Crippen molar-refractivity contribution in [2.75, 3.05) is 58.3 Å². The number of hydrogen-bond acceptors (Lipinski definition) is 6. The number of likely N-dealkylation sites (N-methyl/N-ethyl adjacent to an activating group) is 1. The zero-order valence-electron chi connectivity index (χ0n) is 23.4. The molecule has 3 unspecified atom stereocenters. The van der Waals surface area contributed by atoms with Gasteiger partial charge in [0.1, 0.15) is 11.6 Å². The molecule has 2 aliphatic heterocycles. The van der Waals surface area contributed by atoms with Crippen LogP contribution in [-0.2, 0) is 9.59 Å². The Morgan fingerprint density at radius 1 is 1.10 bits per heavy atom. The number of hydrogen-bond donors (Lipinski definition) is 1. The minimum absolute atomic E-state index is 0.00770. The number of nitrogens with one attached hydrogen (secondary N) is 1. The maximum atomic E-state index is 14.1. The zero-order valence-corrected chi connectivity index (χ0v) is 24.2. The number of anilines is 1. The molecule has 2 aromatic carbocycles. The average molecular weight is 567 g/mol. The third kappa shape index (κ3) is 6.47. The number of fused-ring (bicyclic) bond motifs is 1. The van der Waals surface area contributed by atoms with Crippen LogP contribution in [0.4, 0.5) is 10.1 Å². The van der Waals surface area contributed by atoms with E-state index in [0.29, 0.717) is 18.7 Å². The van der Waals surface area contributed by atoms with Gasteiger partial charge in [-0.3, -0.25) is 14.5 Å². The van der Waals surface area contributed by atoms with Gasteiger partial charge in [0.25, 0.3) is 5.91 Å². The smallest absolute Gasteiger partial charge is 0.260 e. The highest BCUT2D eigenvalue weighted by Crippen LogP contribution is 2.43. The molecule has 2 aromatic rings. The average Bonchev–Trinajstić information content (AvgIpc) is 2.98. The largest absolute Gasteiger partial charge is 0.496 e. The number of carbonyl (C=O) groups excluding carboxylic acids is 2. The number of nitrogens with zero attached hydrogens (tertiary/aromatic N) is 3. The standard InChI is InChI=1S/C31H39FN4O3S/c1-34-26-20-23(12-13-28(26)40-29(31(34)38)21-22-8-3-6-11-27(22)39-2)30(37)33-14-7-15-35-16-18-36(19-17-35)25-10-5-4-9-24(25)32/h3-6,8-11,21,23,26,28H,7,12-20H2,1-2H3,(H,33,37)/b29-21+. The Morgan fingerprint density at radius 3 is 2.62 bits per heavy atom. The molecule has 3 atom stereocenters. The lowest BCUT2D eigenvalue weighted by Gasteiger charge is -2.44. The van der Waals surface area contributed by atoms with Crippen LogP contribution in [0.3, 0.4) is 0 Å². The number of amides is 2. The number of rotatable bonds is 8. The monoisotopic (exact) mass is 566 g/mol. The quantitative estimate of drug-likeness (QED) is 0.381. The highest BCUT2D eigenvalue weighted by Gasteiger charge is 2.42. The molecule has 40 heavy (non-hydrogen) atoms. The van der Waals surface area contributed by atoms with E-state index in [1.807, 2.05) is 54.4 Å². The van der Waals surface area contributed by atoms with Crippen LogP contribution in [0.2, 0.25) is 0 Å². The summed E-state index contributed by atoms with van der Waals surface area (Å²) in [4.78, 5) is 33.3. The third-order valence-electron chi connectivity index (χ3n) is 8.37. The van der Waals surface area contributed by atoms with Gasteiger partial charge in [0.15, 0.2) is 0 Å². The van der Waals surface area contributed by atoms with E-state index in [1.54, 1.807) is 24.9 Å². The molecule has 7 nitrogen and oxygen atoms in total. The summed E-state index contributed by atoms with van der Waals surface area (Å²) in [5.74, 6) is 0.622. The van der Waals surface area contributed by atoms with Gasteiger partial charge in [-0.05, 0) is 56.5 Å². The second-order valence-corrected chi connectivity index (χ2v) is 12.1. The minimum atomic E-state index is -0.167. The maximum absolute atomic E-state index is 14.1. The number of piperazine rings is 1. The summed E-state index contributed by atoms with van der Waals surface area (Å²) in [6.45, 7) is 4.94. The molecular weight excluding hydrogens is 527 g/mol. The summed E-state index contributed by atoms with van der Waals surface area (Å²) in [5, 5.41) is 3.44. The van der Waals surface area contributed by atoms with Gasteiger partial charge in [-0.2, -0.15) is 0 Å². The van der Waals surface area contributed by atoms with Crippen LogP contribution >= 0.6 is 11.8 Å². The van der Waals surface area contributed by atoms with Gasteiger partial charge in [-0.15, -0.1) is 11.8 Å². The lowest BCUT2D eigenvalue weighted by Crippen LogP contribution is -2.52. The fourth-order valence-electron chi connectivity index (χ4n) is 6.04. The van der Waals surface area contributed by atoms with Crippen LogP contribution < -0.4 is 15.0 Å². The Kier molecular flexibility index (Phi) is 9.32. The molecule has 1 aliphatic carbocycles. The molecule has 0 bridgehead atoms. The van der Waals surface area contributed by atoms with Crippen molar-refractivity contribution in [1.82, 2.24) is 15.1 Å². The molecule has 1 saturated carbocycles. The summed E-state index contributed by atoms with van der Waals surface area (Å²) < 4.78 is 19.5. The molecule has 2 amide bonds. The molecule has 2 heterocycles. The number of methoxy groups -OCH3 is 1. The molecule has 9 heteroatoms. The molecule has 0 spiro atoms. The van der Waals surface area contributed by atoms with Crippen LogP contribution in [0.25, 0.3) is 6.08 Å². The van der Waals surface area contributed by atoms with E-state index in [2.05, 4.69) is 15.1 Å². The highest BCUT2D eigenvalue weighted by atomic mass is 32.2. The molecular formula is C31H39FN4O3S. The molecule has 1 N–H and O–H groups in total. The number of carbonyl (C=O) groups is 2. The van der Waals surface area contributed by atoms with Crippen LogP contribution in [0.1, 0.15) is 31.2 Å². The number of halogens is 1. The zero-order chi connectivity index (χ0) is 28.1. The predicted octanol–water partition coefficient (Wildman–Crippen LogP) is 4.25. The molecule has 0 radical (unpaired) electrons. The van der Waals surface area contributed by atoms with E-state index in [9.17, 15) is 14.0 Å². The summed E-state index contributed by atoms with van der Waals surface area (Å²) >= 11 is 1.64. The van der Waals surface area contributed by atoms with Gasteiger partial charge in [-0.25, -0.2) is 4.39 Å². The fraction of sp³-hybridized carbons (Fsp3) is 0.484. The van der Waals surface area contributed by atoms with E-state index in [0.717, 1.165) is 68.2 Å². The van der Waals surface area contributed by atoms with Crippen molar-refractivity contribution in [3.63, 3.8) is 0 Å². The van der Waals surface area contributed by atoms with Crippen LogP contribution in [0.15, 0.2) is 53.4 Å². The predicted molar refractivity (Wildman–Crippen MR) is 159 cm³/mol. The van der Waals surface area contributed by atoms with Crippen molar-refractivity contribution in [3.05, 3.63) is 64.8 Å². The topological polar surface area (TPSA) is 65.1 Å². The highest BCUT2D eigenvalue weighted by molar-refractivity contribution is 8.04. The van der Waals surface area contributed by atoms with Gasteiger partial charge < -0.3 is 19.9 Å². The summed E-state index contributed by atoms with van der Waals surface area (Å²) in [6.07, 6.45) is 5.25. The van der Waals surface area contributed by atoms with E-state index in [4.69, 9.17) is 4.74 Å². The first kappa shape index (κ1) is 28.5. The second-order valence-electron chi connectivity index (χ2n) is 10.8. The van der Waals surface area contributed by atoms with Crippen molar-refractivity contribution in [2.45, 2.75) is 37.0 Å². The molecule has 214 valence electrons. The van der Waals surface area contributed by atoms with E-state index in [-0.39, 0.29) is 34.8 Å². The summed E-state index contributed by atoms with van der Waals surface area (Å²) in [6, 6.07) is 14.7. The Bertz CT molecular complexity index is 1230. The Hall–Kier alpha value is -3.04.